The normalized spacial score (nSPS) is 22.2. The second-order valence-corrected chi connectivity index (χ2v) is 5.56. The van der Waals surface area contributed by atoms with Crippen molar-refractivity contribution >= 4 is 17.4 Å². The quantitative estimate of drug-likeness (QED) is 0.828. The van der Waals surface area contributed by atoms with E-state index in [1.165, 1.54) is 5.56 Å². The van der Waals surface area contributed by atoms with Gasteiger partial charge in [-0.1, -0.05) is 30.2 Å². The van der Waals surface area contributed by atoms with Crippen LogP contribution in [-0.4, -0.2) is 23.8 Å². The number of hydrogen-bond acceptors (Lipinski definition) is 2. The van der Waals surface area contributed by atoms with Gasteiger partial charge in [-0.2, -0.15) is 0 Å². The summed E-state index contributed by atoms with van der Waals surface area (Å²) in [4.78, 5) is 14.2. The van der Waals surface area contributed by atoms with E-state index < -0.39 is 0 Å². The highest BCUT2D eigenvalue weighted by Gasteiger charge is 2.28. The Hall–Kier alpha value is -0.860. The molecule has 0 spiro atoms. The van der Waals surface area contributed by atoms with Gasteiger partial charge in [-0.05, 0) is 44.5 Å². The molecule has 3 heteroatoms. The SMILES string of the molecule is CC(c1ccc(Cl)cc1)N(C)C1CCCCC1=O. The number of Topliss-reactive ketones (excluding diaryl/α,β-unsaturated/α-hetero) is 1. The predicted molar refractivity (Wildman–Crippen MR) is 74.9 cm³/mol. The highest BCUT2D eigenvalue weighted by molar-refractivity contribution is 6.30. The number of ketones is 1. The zero-order chi connectivity index (χ0) is 13.1. The lowest BCUT2D eigenvalue weighted by atomic mass is 9.91. The molecule has 1 aliphatic rings. The van der Waals surface area contributed by atoms with E-state index in [0.717, 1.165) is 30.7 Å². The number of hydrogen-bond donors (Lipinski definition) is 0. The summed E-state index contributed by atoms with van der Waals surface area (Å²) < 4.78 is 0. The molecule has 1 aliphatic carbocycles. The Morgan fingerprint density at radius 2 is 1.94 bits per heavy atom. The topological polar surface area (TPSA) is 20.3 Å². The van der Waals surface area contributed by atoms with E-state index in [0.29, 0.717) is 5.78 Å². The predicted octanol–water partition coefficient (Wildman–Crippen LogP) is 3.84. The maximum Gasteiger partial charge on any atom is 0.149 e. The van der Waals surface area contributed by atoms with E-state index in [1.807, 2.05) is 31.3 Å². The maximum absolute atomic E-state index is 12.0. The molecule has 1 aromatic rings. The van der Waals surface area contributed by atoms with Crippen LogP contribution in [0.5, 0.6) is 0 Å². The first-order valence-corrected chi connectivity index (χ1v) is 6.97. The molecule has 1 fully saturated rings. The van der Waals surface area contributed by atoms with E-state index in [2.05, 4.69) is 11.8 Å². The van der Waals surface area contributed by atoms with Crippen LogP contribution < -0.4 is 0 Å². The fraction of sp³-hybridized carbons (Fsp3) is 0.533. The Balaban J connectivity index is 2.10. The van der Waals surface area contributed by atoms with Crippen molar-refractivity contribution in [2.24, 2.45) is 0 Å². The second-order valence-electron chi connectivity index (χ2n) is 5.12. The van der Waals surface area contributed by atoms with Gasteiger partial charge >= 0.3 is 0 Å². The van der Waals surface area contributed by atoms with E-state index >= 15 is 0 Å². The third-order valence-electron chi connectivity index (χ3n) is 3.98. The molecular weight excluding hydrogens is 246 g/mol. The lowest BCUT2D eigenvalue weighted by Gasteiger charge is -2.34. The molecule has 2 unspecified atom stereocenters. The number of rotatable bonds is 3. The molecule has 0 amide bonds. The highest BCUT2D eigenvalue weighted by Crippen LogP contribution is 2.27. The molecule has 0 radical (unpaired) electrons. The van der Waals surface area contributed by atoms with Crippen LogP contribution in [-0.2, 0) is 4.79 Å². The molecule has 18 heavy (non-hydrogen) atoms. The lowest BCUT2D eigenvalue weighted by Crippen LogP contribution is -2.41. The summed E-state index contributed by atoms with van der Waals surface area (Å²) in [6.07, 6.45) is 3.95. The van der Waals surface area contributed by atoms with E-state index in [9.17, 15) is 4.79 Å². The van der Waals surface area contributed by atoms with Gasteiger partial charge in [0.15, 0.2) is 0 Å². The Morgan fingerprint density at radius 3 is 2.56 bits per heavy atom. The van der Waals surface area contributed by atoms with Gasteiger partial charge in [-0.15, -0.1) is 0 Å². The zero-order valence-electron chi connectivity index (χ0n) is 11.0. The Labute approximate surface area is 114 Å². The van der Waals surface area contributed by atoms with E-state index in [1.54, 1.807) is 0 Å². The molecule has 1 saturated carbocycles. The van der Waals surface area contributed by atoms with Crippen LogP contribution >= 0.6 is 11.6 Å². The number of likely N-dealkylation sites (N-methyl/N-ethyl adjacent to an activating group) is 1. The standard InChI is InChI=1S/C15H20ClNO/c1-11(12-7-9-13(16)10-8-12)17(2)14-5-3-4-6-15(14)18/h7-11,14H,3-6H2,1-2H3. The van der Waals surface area contributed by atoms with Crippen LogP contribution in [0.4, 0.5) is 0 Å². The van der Waals surface area contributed by atoms with Gasteiger partial charge in [0.25, 0.3) is 0 Å². The van der Waals surface area contributed by atoms with Crippen molar-refractivity contribution in [1.29, 1.82) is 0 Å². The summed E-state index contributed by atoms with van der Waals surface area (Å²) in [5.41, 5.74) is 1.21. The Bertz CT molecular complexity index is 415. The minimum atomic E-state index is 0.0874. The second kappa shape index (κ2) is 5.85. The Morgan fingerprint density at radius 1 is 1.28 bits per heavy atom. The highest BCUT2D eigenvalue weighted by atomic mass is 35.5. The molecule has 2 rings (SSSR count). The van der Waals surface area contributed by atoms with Crippen molar-refractivity contribution < 1.29 is 4.79 Å². The number of carbonyl (C=O) groups is 1. The molecule has 0 aromatic heterocycles. The number of carbonyl (C=O) groups excluding carboxylic acids is 1. The van der Waals surface area contributed by atoms with Crippen LogP contribution in [0.1, 0.15) is 44.2 Å². The molecule has 0 bridgehead atoms. The summed E-state index contributed by atoms with van der Waals surface area (Å²) in [6.45, 7) is 2.14. The van der Waals surface area contributed by atoms with Crippen molar-refractivity contribution in [1.82, 2.24) is 4.90 Å². The number of benzene rings is 1. The van der Waals surface area contributed by atoms with Gasteiger partial charge in [0.2, 0.25) is 0 Å². The first kappa shape index (κ1) is 13.6. The average molecular weight is 266 g/mol. The van der Waals surface area contributed by atoms with Gasteiger partial charge in [-0.25, -0.2) is 0 Å². The maximum atomic E-state index is 12.0. The van der Waals surface area contributed by atoms with Crippen LogP contribution in [0.2, 0.25) is 5.02 Å². The fourth-order valence-corrected chi connectivity index (χ4v) is 2.77. The molecule has 2 atom stereocenters. The van der Waals surface area contributed by atoms with Gasteiger partial charge in [0.1, 0.15) is 5.78 Å². The Kier molecular flexibility index (Phi) is 4.41. The minimum absolute atomic E-state index is 0.0874. The molecule has 0 N–H and O–H groups in total. The zero-order valence-corrected chi connectivity index (χ0v) is 11.8. The number of nitrogens with zero attached hydrogens (tertiary/aromatic N) is 1. The molecule has 1 aromatic carbocycles. The number of halogens is 1. The molecule has 98 valence electrons. The lowest BCUT2D eigenvalue weighted by molar-refractivity contribution is -0.126. The van der Waals surface area contributed by atoms with Gasteiger partial charge in [0, 0.05) is 17.5 Å². The summed E-state index contributed by atoms with van der Waals surface area (Å²) in [7, 11) is 2.05. The summed E-state index contributed by atoms with van der Waals surface area (Å²) in [5, 5.41) is 0.752. The third kappa shape index (κ3) is 2.93. The first-order chi connectivity index (χ1) is 8.59. The summed E-state index contributed by atoms with van der Waals surface area (Å²) in [6, 6.07) is 8.22. The summed E-state index contributed by atoms with van der Waals surface area (Å²) >= 11 is 5.90. The molecule has 2 nitrogen and oxygen atoms in total. The fourth-order valence-electron chi connectivity index (χ4n) is 2.64. The molecular formula is C15H20ClNO. The largest absolute Gasteiger partial charge is 0.298 e. The van der Waals surface area contributed by atoms with Crippen LogP contribution in [0.3, 0.4) is 0 Å². The smallest absolute Gasteiger partial charge is 0.149 e. The van der Waals surface area contributed by atoms with Gasteiger partial charge in [-0.3, -0.25) is 9.69 Å². The molecule has 0 heterocycles. The van der Waals surface area contributed by atoms with E-state index in [4.69, 9.17) is 11.6 Å². The van der Waals surface area contributed by atoms with Crippen LogP contribution in [0.15, 0.2) is 24.3 Å². The van der Waals surface area contributed by atoms with Gasteiger partial charge in [0.05, 0.1) is 6.04 Å². The van der Waals surface area contributed by atoms with Crippen LogP contribution in [0, 0.1) is 0 Å². The minimum Gasteiger partial charge on any atom is -0.298 e. The van der Waals surface area contributed by atoms with Crippen LogP contribution in [0.25, 0.3) is 0 Å². The van der Waals surface area contributed by atoms with Crippen molar-refractivity contribution in [3.05, 3.63) is 34.9 Å². The van der Waals surface area contributed by atoms with Gasteiger partial charge < -0.3 is 0 Å². The van der Waals surface area contributed by atoms with E-state index in [-0.39, 0.29) is 12.1 Å². The van der Waals surface area contributed by atoms with Crippen molar-refractivity contribution in [3.8, 4) is 0 Å². The first-order valence-electron chi connectivity index (χ1n) is 6.59. The molecule has 0 aliphatic heterocycles. The van der Waals surface area contributed by atoms with Crippen molar-refractivity contribution in [3.63, 3.8) is 0 Å². The summed E-state index contributed by atoms with van der Waals surface area (Å²) in [5.74, 6) is 0.393. The van der Waals surface area contributed by atoms with Crippen molar-refractivity contribution in [2.45, 2.75) is 44.7 Å². The van der Waals surface area contributed by atoms with Crippen molar-refractivity contribution in [2.75, 3.05) is 7.05 Å². The monoisotopic (exact) mass is 265 g/mol. The average Bonchev–Trinajstić information content (AvgIpc) is 2.38. The third-order valence-corrected chi connectivity index (χ3v) is 4.23. The molecule has 0 saturated heterocycles.